The molecule has 106 valence electrons. The SMILES string of the molecule is Nc1c(C(=O)NCc2ccco2)cnn1-c1ccccn1. The van der Waals surface area contributed by atoms with Gasteiger partial charge in [-0.3, -0.25) is 4.79 Å². The lowest BCUT2D eigenvalue weighted by molar-refractivity contribution is 0.0949. The Kier molecular flexibility index (Phi) is 3.38. The molecule has 3 aromatic rings. The van der Waals surface area contributed by atoms with Crippen molar-refractivity contribution in [1.82, 2.24) is 20.1 Å². The highest BCUT2D eigenvalue weighted by Crippen LogP contribution is 2.15. The van der Waals surface area contributed by atoms with Crippen LogP contribution in [0.15, 0.2) is 53.4 Å². The highest BCUT2D eigenvalue weighted by molar-refractivity contribution is 5.98. The summed E-state index contributed by atoms with van der Waals surface area (Å²) >= 11 is 0. The largest absolute Gasteiger partial charge is 0.467 e. The van der Waals surface area contributed by atoms with Gasteiger partial charge in [-0.1, -0.05) is 6.07 Å². The second-order valence-corrected chi connectivity index (χ2v) is 4.31. The van der Waals surface area contributed by atoms with Crippen LogP contribution in [0.2, 0.25) is 0 Å². The normalized spacial score (nSPS) is 10.5. The van der Waals surface area contributed by atoms with Crippen molar-refractivity contribution in [3.63, 3.8) is 0 Å². The molecule has 0 bridgehead atoms. The number of pyridine rings is 1. The van der Waals surface area contributed by atoms with Crippen LogP contribution in [-0.2, 0) is 6.54 Å². The summed E-state index contributed by atoms with van der Waals surface area (Å²) in [6, 6.07) is 8.91. The molecule has 0 aliphatic heterocycles. The third-order valence-electron chi connectivity index (χ3n) is 2.92. The number of hydrogen-bond donors (Lipinski definition) is 2. The third kappa shape index (κ3) is 2.62. The zero-order valence-electron chi connectivity index (χ0n) is 11.1. The standard InChI is InChI=1S/C14H13N5O2/c15-13-11(14(20)17-8-10-4-3-7-21-10)9-18-19(13)12-5-1-2-6-16-12/h1-7,9H,8,15H2,(H,17,20). The third-order valence-corrected chi connectivity index (χ3v) is 2.92. The summed E-state index contributed by atoms with van der Waals surface area (Å²) in [5.41, 5.74) is 6.26. The van der Waals surface area contributed by atoms with Gasteiger partial charge in [0.25, 0.3) is 5.91 Å². The number of aromatic nitrogens is 3. The first-order valence-corrected chi connectivity index (χ1v) is 6.31. The predicted octanol–water partition coefficient (Wildman–Crippen LogP) is 1.37. The fourth-order valence-corrected chi connectivity index (χ4v) is 1.87. The molecule has 21 heavy (non-hydrogen) atoms. The highest BCUT2D eigenvalue weighted by Gasteiger charge is 2.16. The number of hydrogen-bond acceptors (Lipinski definition) is 5. The van der Waals surface area contributed by atoms with Crippen molar-refractivity contribution in [3.8, 4) is 5.82 Å². The number of nitrogens with one attached hydrogen (secondary N) is 1. The van der Waals surface area contributed by atoms with Gasteiger partial charge in [0.2, 0.25) is 0 Å². The molecule has 0 unspecified atom stereocenters. The molecular weight excluding hydrogens is 270 g/mol. The first-order valence-electron chi connectivity index (χ1n) is 6.31. The number of carbonyl (C=O) groups excluding carboxylic acids is 1. The van der Waals surface area contributed by atoms with Crippen molar-refractivity contribution in [3.05, 3.63) is 60.3 Å². The molecule has 3 N–H and O–H groups in total. The van der Waals surface area contributed by atoms with E-state index in [0.29, 0.717) is 23.7 Å². The number of nitrogens with two attached hydrogens (primary N) is 1. The molecule has 7 heteroatoms. The van der Waals surface area contributed by atoms with Crippen molar-refractivity contribution in [2.75, 3.05) is 5.73 Å². The van der Waals surface area contributed by atoms with Gasteiger partial charge < -0.3 is 15.5 Å². The molecule has 0 spiro atoms. The number of nitrogen functional groups attached to an aromatic ring is 1. The highest BCUT2D eigenvalue weighted by atomic mass is 16.3. The lowest BCUT2D eigenvalue weighted by Crippen LogP contribution is -2.23. The first kappa shape index (κ1) is 12.9. The molecule has 0 aliphatic rings. The quantitative estimate of drug-likeness (QED) is 0.753. The second kappa shape index (κ2) is 5.49. The molecule has 0 atom stereocenters. The summed E-state index contributed by atoms with van der Waals surface area (Å²) in [4.78, 5) is 16.2. The minimum Gasteiger partial charge on any atom is -0.467 e. The Morgan fingerprint density at radius 2 is 2.24 bits per heavy atom. The van der Waals surface area contributed by atoms with E-state index < -0.39 is 0 Å². The predicted molar refractivity (Wildman–Crippen MR) is 75.6 cm³/mol. The van der Waals surface area contributed by atoms with Gasteiger partial charge in [-0.15, -0.1) is 0 Å². The van der Waals surface area contributed by atoms with Crippen LogP contribution in [-0.4, -0.2) is 20.7 Å². The van der Waals surface area contributed by atoms with Crippen molar-refractivity contribution in [2.45, 2.75) is 6.54 Å². The summed E-state index contributed by atoms with van der Waals surface area (Å²) in [6.07, 6.45) is 4.60. The van der Waals surface area contributed by atoms with Crippen LogP contribution in [0.5, 0.6) is 0 Å². The number of furan rings is 1. The summed E-state index contributed by atoms with van der Waals surface area (Å²) in [6.45, 7) is 0.292. The lowest BCUT2D eigenvalue weighted by atomic mass is 10.3. The maximum atomic E-state index is 12.1. The van der Waals surface area contributed by atoms with Gasteiger partial charge >= 0.3 is 0 Å². The fraction of sp³-hybridized carbons (Fsp3) is 0.0714. The summed E-state index contributed by atoms with van der Waals surface area (Å²) in [7, 11) is 0. The first-order chi connectivity index (χ1) is 10.3. The average Bonchev–Trinajstić information content (AvgIpc) is 3.15. The van der Waals surface area contributed by atoms with E-state index in [9.17, 15) is 4.79 Å². The van der Waals surface area contributed by atoms with E-state index in [1.807, 2.05) is 6.07 Å². The molecule has 3 rings (SSSR count). The topological polar surface area (TPSA) is 99.0 Å². The zero-order valence-corrected chi connectivity index (χ0v) is 11.1. The maximum Gasteiger partial charge on any atom is 0.257 e. The molecule has 7 nitrogen and oxygen atoms in total. The van der Waals surface area contributed by atoms with Gasteiger partial charge in [0.05, 0.1) is 19.0 Å². The Hall–Kier alpha value is -3.09. The van der Waals surface area contributed by atoms with Gasteiger partial charge in [-0.25, -0.2) is 4.98 Å². The van der Waals surface area contributed by atoms with E-state index in [-0.39, 0.29) is 11.7 Å². The summed E-state index contributed by atoms with van der Waals surface area (Å²) in [5, 5.41) is 6.82. The number of amides is 1. The number of anilines is 1. The Labute approximate surface area is 120 Å². The number of carbonyl (C=O) groups is 1. The Balaban J connectivity index is 1.77. The van der Waals surface area contributed by atoms with E-state index >= 15 is 0 Å². The smallest absolute Gasteiger partial charge is 0.257 e. The minimum absolute atomic E-state index is 0.241. The fourth-order valence-electron chi connectivity index (χ4n) is 1.87. The molecule has 0 saturated heterocycles. The van der Waals surface area contributed by atoms with Crippen LogP contribution in [0.25, 0.3) is 5.82 Å². The molecule has 0 radical (unpaired) electrons. The van der Waals surface area contributed by atoms with E-state index in [1.165, 1.54) is 10.9 Å². The minimum atomic E-state index is -0.314. The number of rotatable bonds is 4. The summed E-state index contributed by atoms with van der Waals surface area (Å²) < 4.78 is 6.57. The maximum absolute atomic E-state index is 12.1. The van der Waals surface area contributed by atoms with Crippen LogP contribution in [0.4, 0.5) is 5.82 Å². The van der Waals surface area contributed by atoms with Gasteiger partial charge in [0, 0.05) is 6.20 Å². The number of nitrogens with zero attached hydrogens (tertiary/aromatic N) is 3. The molecule has 0 fully saturated rings. The zero-order chi connectivity index (χ0) is 14.7. The molecule has 0 aliphatic carbocycles. The van der Waals surface area contributed by atoms with Crippen molar-refractivity contribution < 1.29 is 9.21 Å². The van der Waals surface area contributed by atoms with Gasteiger partial charge in [-0.05, 0) is 24.3 Å². The van der Waals surface area contributed by atoms with E-state index in [0.717, 1.165) is 0 Å². The van der Waals surface area contributed by atoms with Crippen molar-refractivity contribution in [2.24, 2.45) is 0 Å². The van der Waals surface area contributed by atoms with Gasteiger partial charge in [0.15, 0.2) is 5.82 Å². The Morgan fingerprint density at radius 3 is 2.95 bits per heavy atom. The van der Waals surface area contributed by atoms with E-state index in [2.05, 4.69) is 15.4 Å². The Morgan fingerprint density at radius 1 is 1.33 bits per heavy atom. The Bertz CT molecular complexity index is 734. The van der Waals surface area contributed by atoms with E-state index in [1.54, 1.807) is 36.7 Å². The van der Waals surface area contributed by atoms with Crippen LogP contribution in [0.3, 0.4) is 0 Å². The second-order valence-electron chi connectivity index (χ2n) is 4.31. The molecule has 1 amide bonds. The monoisotopic (exact) mass is 283 g/mol. The molecular formula is C14H13N5O2. The van der Waals surface area contributed by atoms with Crippen LogP contribution >= 0.6 is 0 Å². The molecule has 0 aromatic carbocycles. The lowest BCUT2D eigenvalue weighted by Gasteiger charge is -2.04. The summed E-state index contributed by atoms with van der Waals surface area (Å²) in [5.74, 6) is 1.15. The van der Waals surface area contributed by atoms with Gasteiger partial charge in [0.1, 0.15) is 17.1 Å². The van der Waals surface area contributed by atoms with Crippen LogP contribution < -0.4 is 11.1 Å². The average molecular weight is 283 g/mol. The van der Waals surface area contributed by atoms with Gasteiger partial charge in [-0.2, -0.15) is 9.78 Å². The van der Waals surface area contributed by atoms with Crippen molar-refractivity contribution >= 4 is 11.7 Å². The van der Waals surface area contributed by atoms with Crippen LogP contribution in [0, 0.1) is 0 Å². The molecule has 0 saturated carbocycles. The van der Waals surface area contributed by atoms with Crippen LogP contribution in [0.1, 0.15) is 16.1 Å². The van der Waals surface area contributed by atoms with E-state index in [4.69, 9.17) is 10.2 Å². The van der Waals surface area contributed by atoms with Crippen molar-refractivity contribution in [1.29, 1.82) is 0 Å². The molecule has 3 aromatic heterocycles. The molecule has 3 heterocycles.